The van der Waals surface area contributed by atoms with Crippen LogP contribution in [0.2, 0.25) is 5.02 Å². The Bertz CT molecular complexity index is 657. The van der Waals surface area contributed by atoms with Gasteiger partial charge in [-0.3, -0.25) is 4.79 Å². The van der Waals surface area contributed by atoms with E-state index in [0.29, 0.717) is 5.02 Å². The van der Waals surface area contributed by atoms with Crippen LogP contribution in [0.3, 0.4) is 0 Å². The number of hydrogen-bond donors (Lipinski definition) is 0. The summed E-state index contributed by atoms with van der Waals surface area (Å²) in [6, 6.07) is 7.57. The van der Waals surface area contributed by atoms with E-state index in [1.165, 1.54) is 23.1 Å². The number of thiazole rings is 1. The SMILES string of the molecule is CCOC(=O)C(=O)c1ncc(SCc2cccc(Cl)c2)s1. The molecule has 0 aliphatic carbocycles. The fourth-order valence-corrected chi connectivity index (χ4v) is 3.55. The topological polar surface area (TPSA) is 56.3 Å². The highest BCUT2D eigenvalue weighted by Crippen LogP contribution is 2.29. The second-order valence-corrected chi connectivity index (χ2v) is 6.70. The number of nitrogens with zero attached hydrogens (tertiary/aromatic N) is 1. The van der Waals surface area contributed by atoms with Crippen molar-refractivity contribution in [2.75, 3.05) is 6.61 Å². The van der Waals surface area contributed by atoms with Gasteiger partial charge in [0.1, 0.15) is 0 Å². The van der Waals surface area contributed by atoms with Crippen molar-refractivity contribution in [2.45, 2.75) is 16.9 Å². The number of benzene rings is 1. The smallest absolute Gasteiger partial charge is 0.382 e. The van der Waals surface area contributed by atoms with Gasteiger partial charge >= 0.3 is 5.97 Å². The highest BCUT2D eigenvalue weighted by atomic mass is 35.5. The number of esters is 1. The molecule has 0 amide bonds. The molecule has 4 nitrogen and oxygen atoms in total. The van der Waals surface area contributed by atoms with Crippen molar-refractivity contribution in [2.24, 2.45) is 0 Å². The number of Topliss-reactive ketones (excluding diaryl/α,β-unsaturated/α-hetero) is 1. The Morgan fingerprint density at radius 1 is 1.43 bits per heavy atom. The minimum Gasteiger partial charge on any atom is -0.460 e. The quantitative estimate of drug-likeness (QED) is 0.346. The number of ketones is 1. The van der Waals surface area contributed by atoms with Crippen LogP contribution < -0.4 is 0 Å². The largest absolute Gasteiger partial charge is 0.460 e. The number of rotatable bonds is 6. The molecule has 2 rings (SSSR count). The summed E-state index contributed by atoms with van der Waals surface area (Å²) in [6.45, 7) is 1.83. The van der Waals surface area contributed by atoms with Gasteiger partial charge in [-0.25, -0.2) is 9.78 Å². The lowest BCUT2D eigenvalue weighted by atomic mass is 10.2. The Morgan fingerprint density at radius 2 is 2.24 bits per heavy atom. The Balaban J connectivity index is 1.97. The molecule has 0 bridgehead atoms. The number of thioether (sulfide) groups is 1. The van der Waals surface area contributed by atoms with Crippen molar-refractivity contribution in [1.29, 1.82) is 0 Å². The minimum absolute atomic E-state index is 0.155. The average Bonchev–Trinajstić information content (AvgIpc) is 2.93. The van der Waals surface area contributed by atoms with Gasteiger partial charge in [0.2, 0.25) is 0 Å². The van der Waals surface area contributed by atoms with Crippen LogP contribution in [-0.4, -0.2) is 23.3 Å². The van der Waals surface area contributed by atoms with Crippen LogP contribution in [0.25, 0.3) is 0 Å². The fraction of sp³-hybridized carbons (Fsp3) is 0.214. The lowest BCUT2D eigenvalue weighted by Crippen LogP contribution is -2.17. The van der Waals surface area contributed by atoms with Crippen LogP contribution in [0.15, 0.2) is 34.7 Å². The first-order chi connectivity index (χ1) is 10.1. The summed E-state index contributed by atoms with van der Waals surface area (Å²) in [5, 5.41) is 0.845. The van der Waals surface area contributed by atoms with Crippen LogP contribution in [0.4, 0.5) is 0 Å². The third-order valence-corrected chi connectivity index (χ3v) is 4.91. The minimum atomic E-state index is -0.863. The summed E-state index contributed by atoms with van der Waals surface area (Å²) >= 11 is 8.65. The normalized spacial score (nSPS) is 10.4. The van der Waals surface area contributed by atoms with Gasteiger partial charge in [-0.15, -0.1) is 23.1 Å². The molecule has 1 aromatic heterocycles. The van der Waals surface area contributed by atoms with Crippen molar-refractivity contribution in [3.05, 3.63) is 46.1 Å². The van der Waals surface area contributed by atoms with E-state index in [1.807, 2.05) is 24.3 Å². The van der Waals surface area contributed by atoms with Gasteiger partial charge < -0.3 is 4.74 Å². The molecule has 0 atom stereocenters. The number of halogens is 1. The predicted molar refractivity (Wildman–Crippen MR) is 84.1 cm³/mol. The second kappa shape index (κ2) is 7.59. The third-order valence-electron chi connectivity index (χ3n) is 2.41. The van der Waals surface area contributed by atoms with Crippen molar-refractivity contribution >= 4 is 46.5 Å². The Kier molecular flexibility index (Phi) is 5.78. The van der Waals surface area contributed by atoms with Crippen LogP contribution in [-0.2, 0) is 15.3 Å². The summed E-state index contributed by atoms with van der Waals surface area (Å²) in [6.07, 6.45) is 1.59. The van der Waals surface area contributed by atoms with Gasteiger partial charge in [-0.1, -0.05) is 23.7 Å². The fourth-order valence-electron chi connectivity index (χ4n) is 1.50. The third kappa shape index (κ3) is 4.56. The first kappa shape index (κ1) is 16.0. The maximum Gasteiger partial charge on any atom is 0.382 e. The van der Waals surface area contributed by atoms with Gasteiger partial charge in [0.05, 0.1) is 17.0 Å². The van der Waals surface area contributed by atoms with Crippen molar-refractivity contribution in [3.63, 3.8) is 0 Å². The van der Waals surface area contributed by atoms with Gasteiger partial charge in [-0.2, -0.15) is 0 Å². The van der Waals surface area contributed by atoms with Crippen molar-refractivity contribution in [3.8, 4) is 0 Å². The molecule has 0 radical (unpaired) electrons. The van der Waals surface area contributed by atoms with Gasteiger partial charge in [-0.05, 0) is 24.6 Å². The first-order valence-corrected chi connectivity index (χ1v) is 8.32. The van der Waals surface area contributed by atoms with E-state index in [-0.39, 0.29) is 11.6 Å². The van der Waals surface area contributed by atoms with Crippen LogP contribution in [0, 0.1) is 0 Å². The molecule has 0 aliphatic rings. The molecule has 0 N–H and O–H groups in total. The van der Waals surface area contributed by atoms with Crippen LogP contribution in [0.5, 0.6) is 0 Å². The number of carbonyl (C=O) groups excluding carboxylic acids is 2. The number of ether oxygens (including phenoxy) is 1. The maximum absolute atomic E-state index is 11.7. The zero-order chi connectivity index (χ0) is 15.2. The van der Waals surface area contributed by atoms with E-state index in [1.54, 1.807) is 13.1 Å². The van der Waals surface area contributed by atoms with E-state index in [4.69, 9.17) is 11.6 Å². The molecule has 0 aliphatic heterocycles. The van der Waals surface area contributed by atoms with E-state index < -0.39 is 11.8 Å². The summed E-state index contributed by atoms with van der Waals surface area (Å²) in [7, 11) is 0. The monoisotopic (exact) mass is 341 g/mol. The average molecular weight is 342 g/mol. The second-order valence-electron chi connectivity index (χ2n) is 3.95. The Morgan fingerprint density at radius 3 is 2.95 bits per heavy atom. The van der Waals surface area contributed by atoms with E-state index >= 15 is 0 Å². The Labute approximate surface area is 135 Å². The summed E-state index contributed by atoms with van der Waals surface area (Å²) in [4.78, 5) is 27.0. The summed E-state index contributed by atoms with van der Waals surface area (Å²) in [5.74, 6) is -0.842. The number of hydrogen-bond acceptors (Lipinski definition) is 6. The zero-order valence-electron chi connectivity index (χ0n) is 11.2. The molecule has 2 aromatic rings. The Hall–Kier alpha value is -1.37. The van der Waals surface area contributed by atoms with Crippen molar-refractivity contribution in [1.82, 2.24) is 4.98 Å². The molecule has 1 aromatic carbocycles. The van der Waals surface area contributed by atoms with E-state index in [2.05, 4.69) is 9.72 Å². The highest BCUT2D eigenvalue weighted by molar-refractivity contribution is 8.00. The number of aromatic nitrogens is 1. The molecule has 7 heteroatoms. The van der Waals surface area contributed by atoms with Gasteiger partial charge in [0.15, 0.2) is 5.01 Å². The maximum atomic E-state index is 11.7. The lowest BCUT2D eigenvalue weighted by Gasteiger charge is -1.99. The molecule has 0 saturated carbocycles. The molecule has 21 heavy (non-hydrogen) atoms. The number of carbonyl (C=O) groups is 2. The molecule has 0 unspecified atom stereocenters. The highest BCUT2D eigenvalue weighted by Gasteiger charge is 2.21. The molecule has 1 heterocycles. The van der Waals surface area contributed by atoms with Crippen LogP contribution >= 0.6 is 34.7 Å². The standard InChI is InChI=1S/C14H12ClNO3S2/c1-2-19-14(18)12(17)13-16-7-11(21-13)20-8-9-4-3-5-10(15)6-9/h3-7H,2,8H2,1H3. The molecule has 0 fully saturated rings. The van der Waals surface area contributed by atoms with E-state index in [9.17, 15) is 9.59 Å². The molecule has 110 valence electrons. The summed E-state index contributed by atoms with van der Waals surface area (Å²) < 4.78 is 5.53. The van der Waals surface area contributed by atoms with Crippen LogP contribution in [0.1, 0.15) is 22.3 Å². The zero-order valence-corrected chi connectivity index (χ0v) is 13.6. The van der Waals surface area contributed by atoms with E-state index in [0.717, 1.165) is 15.5 Å². The predicted octanol–water partition coefficient (Wildman–Crippen LogP) is 3.83. The van der Waals surface area contributed by atoms with Gasteiger partial charge in [0, 0.05) is 10.8 Å². The molecule has 0 spiro atoms. The van der Waals surface area contributed by atoms with Crippen molar-refractivity contribution < 1.29 is 14.3 Å². The van der Waals surface area contributed by atoms with Gasteiger partial charge in [0.25, 0.3) is 5.78 Å². The summed E-state index contributed by atoms with van der Waals surface area (Å²) in [5.41, 5.74) is 1.08. The molecule has 0 saturated heterocycles. The lowest BCUT2D eigenvalue weighted by molar-refractivity contribution is -0.137. The molecular weight excluding hydrogens is 330 g/mol. The molecular formula is C14H12ClNO3S2. The first-order valence-electron chi connectivity index (χ1n) is 6.14.